The number of anilines is 1. The van der Waals surface area contributed by atoms with Gasteiger partial charge in [-0.15, -0.1) is 0 Å². The minimum absolute atomic E-state index is 0.0266. The number of rotatable bonds is 6. The van der Waals surface area contributed by atoms with E-state index < -0.39 is 6.03 Å². The number of carbonyl (C=O) groups is 3. The molecule has 0 atom stereocenters. The van der Waals surface area contributed by atoms with Crippen LogP contribution in [0, 0.1) is 5.92 Å². The monoisotopic (exact) mass is 391 g/mol. The number of imide groups is 1. The van der Waals surface area contributed by atoms with Crippen LogP contribution >= 0.6 is 0 Å². The summed E-state index contributed by atoms with van der Waals surface area (Å²) in [6.07, 6.45) is 2.21. The van der Waals surface area contributed by atoms with Gasteiger partial charge in [-0.05, 0) is 18.6 Å². The first-order chi connectivity index (χ1) is 13.5. The number of amides is 4. The largest absolute Gasteiger partial charge is 0.454 e. The summed E-state index contributed by atoms with van der Waals surface area (Å²) in [4.78, 5) is 37.1. The summed E-state index contributed by atoms with van der Waals surface area (Å²) in [5, 5.41) is 7.88. The minimum Gasteiger partial charge on any atom is -0.454 e. The van der Waals surface area contributed by atoms with Gasteiger partial charge in [0.15, 0.2) is 18.0 Å². The van der Waals surface area contributed by atoms with E-state index in [1.54, 1.807) is 18.2 Å². The third kappa shape index (κ3) is 5.35. The SMILES string of the molecule is CCCNC(=O)NC(=O)C[NH+]1CCC(C(=O)Nc2ccc3c(c2)OCO3)CC1. The summed E-state index contributed by atoms with van der Waals surface area (Å²) in [6, 6.07) is 4.87. The molecular weight excluding hydrogens is 364 g/mol. The van der Waals surface area contributed by atoms with Gasteiger partial charge in [0.2, 0.25) is 12.7 Å². The van der Waals surface area contributed by atoms with Crippen molar-refractivity contribution in [2.75, 3.05) is 38.3 Å². The lowest BCUT2D eigenvalue weighted by Crippen LogP contribution is -3.14. The molecule has 1 aromatic rings. The number of benzene rings is 1. The third-order valence-electron chi connectivity index (χ3n) is 4.90. The van der Waals surface area contributed by atoms with Crippen LogP contribution in [-0.2, 0) is 9.59 Å². The number of ether oxygens (including phenoxy) is 2. The highest BCUT2D eigenvalue weighted by Crippen LogP contribution is 2.34. The van der Waals surface area contributed by atoms with Crippen molar-refractivity contribution in [2.45, 2.75) is 26.2 Å². The average Bonchev–Trinajstić information content (AvgIpc) is 3.14. The zero-order valence-electron chi connectivity index (χ0n) is 16.0. The average molecular weight is 391 g/mol. The fraction of sp³-hybridized carbons (Fsp3) is 0.526. The Morgan fingerprint density at radius 2 is 1.89 bits per heavy atom. The van der Waals surface area contributed by atoms with Crippen molar-refractivity contribution >= 4 is 23.5 Å². The van der Waals surface area contributed by atoms with E-state index in [9.17, 15) is 14.4 Å². The lowest BCUT2D eigenvalue weighted by molar-refractivity contribution is -0.897. The Kier molecular flexibility index (Phi) is 6.70. The summed E-state index contributed by atoms with van der Waals surface area (Å²) < 4.78 is 10.6. The van der Waals surface area contributed by atoms with Crippen molar-refractivity contribution in [3.05, 3.63) is 18.2 Å². The van der Waals surface area contributed by atoms with Gasteiger partial charge in [-0.2, -0.15) is 0 Å². The first kappa shape index (κ1) is 19.9. The summed E-state index contributed by atoms with van der Waals surface area (Å²) in [6.45, 7) is 4.33. The lowest BCUT2D eigenvalue weighted by Gasteiger charge is -2.28. The number of nitrogens with one attached hydrogen (secondary N) is 4. The van der Waals surface area contributed by atoms with E-state index in [0.717, 1.165) is 11.3 Å². The van der Waals surface area contributed by atoms with Crippen LogP contribution in [-0.4, -0.2) is 50.8 Å². The van der Waals surface area contributed by atoms with Crippen molar-refractivity contribution in [3.63, 3.8) is 0 Å². The number of quaternary nitrogens is 1. The van der Waals surface area contributed by atoms with E-state index in [2.05, 4.69) is 16.0 Å². The molecule has 4 N–H and O–H groups in total. The van der Waals surface area contributed by atoms with Crippen LogP contribution in [0.2, 0.25) is 0 Å². The van der Waals surface area contributed by atoms with Crippen molar-refractivity contribution in [1.29, 1.82) is 0 Å². The first-order valence-corrected chi connectivity index (χ1v) is 9.67. The Labute approximate surface area is 163 Å². The first-order valence-electron chi connectivity index (χ1n) is 9.67. The molecule has 0 radical (unpaired) electrons. The fourth-order valence-electron chi connectivity index (χ4n) is 3.36. The van der Waals surface area contributed by atoms with E-state index in [1.807, 2.05) is 6.92 Å². The molecule has 1 aromatic carbocycles. The second-order valence-electron chi connectivity index (χ2n) is 7.06. The zero-order valence-corrected chi connectivity index (χ0v) is 16.0. The van der Waals surface area contributed by atoms with Crippen LogP contribution in [0.3, 0.4) is 0 Å². The molecular formula is C19H27N4O5+. The number of urea groups is 1. The van der Waals surface area contributed by atoms with Gasteiger partial charge in [0.1, 0.15) is 0 Å². The number of hydrogen-bond acceptors (Lipinski definition) is 5. The van der Waals surface area contributed by atoms with Gasteiger partial charge in [0.05, 0.1) is 13.1 Å². The lowest BCUT2D eigenvalue weighted by atomic mass is 9.96. The van der Waals surface area contributed by atoms with Gasteiger partial charge in [0, 0.05) is 37.1 Å². The molecule has 2 aliphatic rings. The van der Waals surface area contributed by atoms with Crippen molar-refractivity contribution in [1.82, 2.24) is 10.6 Å². The zero-order chi connectivity index (χ0) is 19.9. The van der Waals surface area contributed by atoms with Crippen LogP contribution < -0.4 is 30.3 Å². The Balaban J connectivity index is 1.40. The molecule has 4 amide bonds. The molecule has 0 aromatic heterocycles. The molecule has 1 fully saturated rings. The van der Waals surface area contributed by atoms with Gasteiger partial charge in [-0.1, -0.05) is 6.92 Å². The molecule has 2 aliphatic heterocycles. The Morgan fingerprint density at radius 3 is 2.64 bits per heavy atom. The van der Waals surface area contributed by atoms with Crippen molar-refractivity contribution in [2.24, 2.45) is 5.92 Å². The van der Waals surface area contributed by atoms with Crippen LogP contribution in [0.15, 0.2) is 18.2 Å². The third-order valence-corrected chi connectivity index (χ3v) is 4.90. The summed E-state index contributed by atoms with van der Waals surface area (Å²) in [5.41, 5.74) is 0.682. The minimum atomic E-state index is -0.454. The number of likely N-dealkylation sites (tertiary alicyclic amines) is 1. The van der Waals surface area contributed by atoms with Gasteiger partial charge in [0.25, 0.3) is 5.91 Å². The molecule has 0 bridgehead atoms. The molecule has 2 heterocycles. The predicted molar refractivity (Wildman–Crippen MR) is 101 cm³/mol. The second-order valence-corrected chi connectivity index (χ2v) is 7.06. The smallest absolute Gasteiger partial charge is 0.321 e. The number of carbonyl (C=O) groups excluding carboxylic acids is 3. The molecule has 0 spiro atoms. The molecule has 28 heavy (non-hydrogen) atoms. The van der Waals surface area contributed by atoms with E-state index >= 15 is 0 Å². The van der Waals surface area contributed by atoms with Gasteiger partial charge in [-0.3, -0.25) is 14.9 Å². The molecule has 9 heteroatoms. The van der Waals surface area contributed by atoms with E-state index in [4.69, 9.17) is 9.47 Å². The van der Waals surface area contributed by atoms with Crippen molar-refractivity contribution < 1.29 is 28.8 Å². The molecule has 0 saturated carbocycles. The Bertz CT molecular complexity index is 731. The molecule has 0 unspecified atom stereocenters. The standard InChI is InChI=1S/C19H26N4O5/c1-2-7-20-19(26)22-17(24)11-23-8-5-13(6-9-23)18(25)21-14-3-4-15-16(10-14)28-12-27-15/h3-4,10,13H,2,5-9,11-12H2,1H3,(H,21,25)(H2,20,22,24,26)/p+1. The van der Waals surface area contributed by atoms with Crippen molar-refractivity contribution in [3.8, 4) is 11.5 Å². The molecule has 152 valence electrons. The number of fused-ring (bicyclic) bond motifs is 1. The topological polar surface area (TPSA) is 110 Å². The highest BCUT2D eigenvalue weighted by Gasteiger charge is 2.29. The highest BCUT2D eigenvalue weighted by atomic mass is 16.7. The van der Waals surface area contributed by atoms with Crippen LogP contribution in [0.1, 0.15) is 26.2 Å². The maximum atomic E-state index is 12.5. The molecule has 0 aliphatic carbocycles. The maximum Gasteiger partial charge on any atom is 0.321 e. The van der Waals surface area contributed by atoms with E-state index in [1.165, 1.54) is 0 Å². The van der Waals surface area contributed by atoms with E-state index in [0.29, 0.717) is 49.7 Å². The maximum absolute atomic E-state index is 12.5. The molecule has 9 nitrogen and oxygen atoms in total. The second kappa shape index (κ2) is 9.41. The quantitative estimate of drug-likeness (QED) is 0.541. The molecule has 1 saturated heterocycles. The van der Waals surface area contributed by atoms with Crippen LogP contribution in [0.5, 0.6) is 11.5 Å². The Morgan fingerprint density at radius 1 is 1.14 bits per heavy atom. The fourth-order valence-corrected chi connectivity index (χ4v) is 3.36. The van der Waals surface area contributed by atoms with Crippen LogP contribution in [0.25, 0.3) is 0 Å². The summed E-state index contributed by atoms with van der Waals surface area (Å²) in [7, 11) is 0. The normalized spacial score (nSPS) is 20.3. The van der Waals surface area contributed by atoms with E-state index in [-0.39, 0.29) is 31.1 Å². The van der Waals surface area contributed by atoms with Crippen LogP contribution in [0.4, 0.5) is 10.5 Å². The predicted octanol–water partition coefficient (Wildman–Crippen LogP) is -0.115. The molecule has 3 rings (SSSR count). The Hall–Kier alpha value is -2.81. The van der Waals surface area contributed by atoms with Gasteiger partial charge < -0.3 is 25.0 Å². The highest BCUT2D eigenvalue weighted by molar-refractivity contribution is 5.95. The number of piperidine rings is 1. The number of hydrogen-bond donors (Lipinski definition) is 4. The van der Waals surface area contributed by atoms with Gasteiger partial charge in [-0.25, -0.2) is 4.79 Å². The van der Waals surface area contributed by atoms with Gasteiger partial charge >= 0.3 is 6.03 Å². The summed E-state index contributed by atoms with van der Waals surface area (Å²) >= 11 is 0. The summed E-state index contributed by atoms with van der Waals surface area (Å²) in [5.74, 6) is 0.890.